The third-order valence-corrected chi connectivity index (χ3v) is 7.06. The highest BCUT2D eigenvalue weighted by Gasteiger charge is 2.09. The number of benzene rings is 3. The number of fused-ring (bicyclic) bond motifs is 1. The molecule has 5 aromatic rings. The standard InChI is InChI=1S/C30H28FN3O4S/c1-39(35,36)15-14-32-18-22-16-30(38-20-22)23-4-11-27-28(12-13-33-29(27)17-23)34-25-7-9-26(10-8-25)37-19-21-2-5-24(31)6-3-21/h2-13,16-17,20,32H,14-15,18-19H2,1H3,(H,33,34). The van der Waals surface area contributed by atoms with Gasteiger partial charge in [-0.05, 0) is 66.2 Å². The van der Waals surface area contributed by atoms with Crippen LogP contribution in [-0.4, -0.2) is 32.0 Å². The van der Waals surface area contributed by atoms with Crippen molar-refractivity contribution < 1.29 is 22.0 Å². The first kappa shape index (κ1) is 26.4. The maximum atomic E-state index is 13.1. The van der Waals surface area contributed by atoms with Crippen LogP contribution in [0.3, 0.4) is 0 Å². The number of hydrogen-bond donors (Lipinski definition) is 2. The molecule has 2 N–H and O–H groups in total. The van der Waals surface area contributed by atoms with Gasteiger partial charge in [-0.15, -0.1) is 0 Å². The lowest BCUT2D eigenvalue weighted by Crippen LogP contribution is -2.21. The number of hydrogen-bond acceptors (Lipinski definition) is 7. The Bertz CT molecular complexity index is 1670. The van der Waals surface area contributed by atoms with E-state index in [0.29, 0.717) is 25.5 Å². The molecule has 0 aliphatic carbocycles. The van der Waals surface area contributed by atoms with Crippen molar-refractivity contribution >= 4 is 32.1 Å². The molecule has 0 aliphatic rings. The predicted octanol–water partition coefficient (Wildman–Crippen LogP) is 6.09. The van der Waals surface area contributed by atoms with Crippen molar-refractivity contribution in [1.82, 2.24) is 10.3 Å². The van der Waals surface area contributed by atoms with E-state index >= 15 is 0 Å². The molecule has 2 heterocycles. The van der Waals surface area contributed by atoms with E-state index in [0.717, 1.165) is 44.7 Å². The summed E-state index contributed by atoms with van der Waals surface area (Å²) in [7, 11) is -2.99. The number of aromatic nitrogens is 1. The molecule has 39 heavy (non-hydrogen) atoms. The first-order valence-electron chi connectivity index (χ1n) is 12.4. The van der Waals surface area contributed by atoms with Crippen molar-refractivity contribution in [3.8, 4) is 17.1 Å². The second kappa shape index (κ2) is 11.7. The van der Waals surface area contributed by atoms with Crippen LogP contribution in [0.4, 0.5) is 15.8 Å². The summed E-state index contributed by atoms with van der Waals surface area (Å²) in [6.07, 6.45) is 4.66. The van der Waals surface area contributed by atoms with Crippen LogP contribution in [0.15, 0.2) is 95.7 Å². The minimum atomic E-state index is -2.99. The van der Waals surface area contributed by atoms with Crippen LogP contribution in [0.5, 0.6) is 5.75 Å². The highest BCUT2D eigenvalue weighted by atomic mass is 32.2. The maximum absolute atomic E-state index is 13.1. The van der Waals surface area contributed by atoms with E-state index in [1.807, 2.05) is 54.6 Å². The SMILES string of the molecule is CS(=O)(=O)CCNCc1coc(-c2ccc3c(Nc4ccc(OCc5ccc(F)cc5)cc4)ccnc3c2)c1. The molecule has 2 aromatic heterocycles. The van der Waals surface area contributed by atoms with Crippen molar-refractivity contribution in [2.75, 3.05) is 23.9 Å². The zero-order valence-corrected chi connectivity index (χ0v) is 22.2. The Morgan fingerprint density at radius 1 is 0.949 bits per heavy atom. The lowest BCUT2D eigenvalue weighted by atomic mass is 10.1. The van der Waals surface area contributed by atoms with Gasteiger partial charge in [-0.25, -0.2) is 12.8 Å². The molecule has 9 heteroatoms. The topological polar surface area (TPSA) is 93.5 Å². The van der Waals surface area contributed by atoms with Gasteiger partial charge in [-0.1, -0.05) is 18.2 Å². The van der Waals surface area contributed by atoms with Crippen LogP contribution in [0.1, 0.15) is 11.1 Å². The van der Waals surface area contributed by atoms with Crippen LogP contribution >= 0.6 is 0 Å². The second-order valence-corrected chi connectivity index (χ2v) is 11.5. The van der Waals surface area contributed by atoms with E-state index in [1.54, 1.807) is 24.6 Å². The lowest BCUT2D eigenvalue weighted by molar-refractivity contribution is 0.306. The van der Waals surface area contributed by atoms with E-state index in [9.17, 15) is 12.8 Å². The number of nitrogens with one attached hydrogen (secondary N) is 2. The van der Waals surface area contributed by atoms with Crippen LogP contribution in [0.25, 0.3) is 22.2 Å². The smallest absolute Gasteiger partial charge is 0.148 e. The van der Waals surface area contributed by atoms with Crippen molar-refractivity contribution in [2.24, 2.45) is 0 Å². The van der Waals surface area contributed by atoms with Gasteiger partial charge in [0.05, 0.1) is 17.5 Å². The average molecular weight is 546 g/mol. The third-order valence-electron chi connectivity index (χ3n) is 6.11. The van der Waals surface area contributed by atoms with E-state index in [-0.39, 0.29) is 11.6 Å². The fourth-order valence-electron chi connectivity index (χ4n) is 4.06. The number of ether oxygens (including phenoxy) is 1. The fraction of sp³-hybridized carbons (Fsp3) is 0.167. The first-order valence-corrected chi connectivity index (χ1v) is 14.5. The highest BCUT2D eigenvalue weighted by molar-refractivity contribution is 7.90. The fourth-order valence-corrected chi connectivity index (χ4v) is 4.57. The summed E-state index contributed by atoms with van der Waals surface area (Å²) in [4.78, 5) is 4.54. The molecule has 0 unspecified atom stereocenters. The Balaban J connectivity index is 1.23. The summed E-state index contributed by atoms with van der Waals surface area (Å²) in [5.41, 5.74) is 5.38. The van der Waals surface area contributed by atoms with Gasteiger partial charge >= 0.3 is 0 Å². The average Bonchev–Trinajstić information content (AvgIpc) is 3.40. The summed E-state index contributed by atoms with van der Waals surface area (Å²) in [5, 5.41) is 7.53. The molecule has 0 saturated heterocycles. The Kier molecular flexibility index (Phi) is 7.90. The molecule has 3 aromatic carbocycles. The largest absolute Gasteiger partial charge is 0.489 e. The summed E-state index contributed by atoms with van der Waals surface area (Å²) >= 11 is 0. The van der Waals surface area contributed by atoms with Gasteiger partial charge < -0.3 is 19.8 Å². The third kappa shape index (κ3) is 7.22. The second-order valence-electron chi connectivity index (χ2n) is 9.28. The molecule has 0 saturated carbocycles. The van der Waals surface area contributed by atoms with Crippen molar-refractivity contribution in [1.29, 1.82) is 0 Å². The van der Waals surface area contributed by atoms with Gasteiger partial charge in [0.1, 0.15) is 33.8 Å². The number of furan rings is 1. The first-order chi connectivity index (χ1) is 18.8. The molecule has 0 spiro atoms. The molecule has 0 atom stereocenters. The lowest BCUT2D eigenvalue weighted by Gasteiger charge is -2.11. The highest BCUT2D eigenvalue weighted by Crippen LogP contribution is 2.30. The van der Waals surface area contributed by atoms with E-state index in [4.69, 9.17) is 9.15 Å². The quantitative estimate of drug-likeness (QED) is 0.194. The van der Waals surface area contributed by atoms with Crippen LogP contribution in [-0.2, 0) is 23.0 Å². The molecule has 0 radical (unpaired) electrons. The predicted molar refractivity (Wildman–Crippen MR) is 151 cm³/mol. The minimum absolute atomic E-state index is 0.0971. The van der Waals surface area contributed by atoms with Gasteiger partial charge in [0.2, 0.25) is 0 Å². The summed E-state index contributed by atoms with van der Waals surface area (Å²) in [6, 6.07) is 23.7. The van der Waals surface area contributed by atoms with Gasteiger partial charge in [-0.3, -0.25) is 4.98 Å². The van der Waals surface area contributed by atoms with Gasteiger partial charge in [0.25, 0.3) is 0 Å². The van der Waals surface area contributed by atoms with Crippen molar-refractivity contribution in [3.05, 3.63) is 108 Å². The zero-order valence-electron chi connectivity index (χ0n) is 21.4. The Hall–Kier alpha value is -4.21. The molecule has 0 bridgehead atoms. The van der Waals surface area contributed by atoms with E-state index < -0.39 is 9.84 Å². The van der Waals surface area contributed by atoms with E-state index in [2.05, 4.69) is 15.6 Å². The Labute approximate surface area is 226 Å². The van der Waals surface area contributed by atoms with Crippen molar-refractivity contribution in [3.63, 3.8) is 0 Å². The number of rotatable bonds is 11. The molecule has 0 amide bonds. The molecule has 0 fully saturated rings. The molecular formula is C30H28FN3O4S. The molecular weight excluding hydrogens is 517 g/mol. The normalized spacial score (nSPS) is 11.5. The van der Waals surface area contributed by atoms with Gasteiger partial charge in [0.15, 0.2) is 0 Å². The number of nitrogens with zero attached hydrogens (tertiary/aromatic N) is 1. The van der Waals surface area contributed by atoms with Crippen molar-refractivity contribution in [2.45, 2.75) is 13.2 Å². The van der Waals surface area contributed by atoms with E-state index in [1.165, 1.54) is 18.4 Å². The van der Waals surface area contributed by atoms with Crippen LogP contribution in [0, 0.1) is 5.82 Å². The number of anilines is 2. The summed E-state index contributed by atoms with van der Waals surface area (Å²) in [6.45, 7) is 1.27. The zero-order chi connectivity index (χ0) is 27.2. The minimum Gasteiger partial charge on any atom is -0.489 e. The van der Waals surface area contributed by atoms with Crippen LogP contribution < -0.4 is 15.4 Å². The Morgan fingerprint density at radius 3 is 2.51 bits per heavy atom. The summed E-state index contributed by atoms with van der Waals surface area (Å²) in [5.74, 6) is 1.27. The molecule has 200 valence electrons. The molecule has 5 rings (SSSR count). The molecule has 0 aliphatic heterocycles. The van der Waals surface area contributed by atoms with Gasteiger partial charge in [0, 0.05) is 53.4 Å². The molecule has 7 nitrogen and oxygen atoms in total. The monoisotopic (exact) mass is 545 g/mol. The van der Waals surface area contributed by atoms with Crippen LogP contribution in [0.2, 0.25) is 0 Å². The maximum Gasteiger partial charge on any atom is 0.148 e. The number of halogens is 1. The number of sulfone groups is 1. The number of pyridine rings is 1. The summed E-state index contributed by atoms with van der Waals surface area (Å²) < 4.78 is 47.2. The Morgan fingerprint density at radius 2 is 1.74 bits per heavy atom. The van der Waals surface area contributed by atoms with Gasteiger partial charge in [-0.2, -0.15) is 0 Å².